The Morgan fingerprint density at radius 2 is 2.15 bits per heavy atom. The van der Waals surface area contributed by atoms with Crippen LogP contribution in [-0.2, 0) is 37.8 Å². The van der Waals surface area contributed by atoms with Crippen molar-refractivity contribution >= 4 is 29.4 Å². The summed E-state index contributed by atoms with van der Waals surface area (Å²) in [5.41, 5.74) is 0.182. The summed E-state index contributed by atoms with van der Waals surface area (Å²) in [5, 5.41) is 7.26. The standard InChI is InChI=1S/C17H30N4O5S/c1-13(18-16(23)26-17(2,3)4)7-9-21-15(20(5)12-22)11-14(19-21)8-10-25-27(6)24/h11-13H,7-10H2,1-6H3,(H,18,23). The summed E-state index contributed by atoms with van der Waals surface area (Å²) in [4.78, 5) is 24.4. The van der Waals surface area contributed by atoms with E-state index in [2.05, 4.69) is 10.4 Å². The van der Waals surface area contributed by atoms with E-state index in [-0.39, 0.29) is 12.6 Å². The molecule has 0 bridgehead atoms. The maximum Gasteiger partial charge on any atom is 0.407 e. The number of aryl methyl sites for hydroxylation is 1. The molecule has 0 aliphatic carbocycles. The van der Waals surface area contributed by atoms with Crippen molar-refractivity contribution in [2.45, 2.75) is 58.7 Å². The molecule has 1 aromatic rings. The number of rotatable bonds is 10. The summed E-state index contributed by atoms with van der Waals surface area (Å²) >= 11 is -1.32. The normalized spacial score (nSPS) is 13.7. The van der Waals surface area contributed by atoms with Gasteiger partial charge in [0.15, 0.2) is 11.1 Å². The molecule has 1 N–H and O–H groups in total. The average molecular weight is 403 g/mol. The van der Waals surface area contributed by atoms with Crippen molar-refractivity contribution < 1.29 is 22.7 Å². The Labute approximate surface area is 163 Å². The molecule has 0 fully saturated rings. The lowest BCUT2D eigenvalue weighted by atomic mass is 10.2. The summed E-state index contributed by atoms with van der Waals surface area (Å²) in [5.74, 6) is 0.641. The molecule has 10 heteroatoms. The molecule has 1 aromatic heterocycles. The van der Waals surface area contributed by atoms with E-state index in [1.807, 2.05) is 27.7 Å². The van der Waals surface area contributed by atoms with Crippen molar-refractivity contribution in [2.24, 2.45) is 0 Å². The second-order valence-corrected chi connectivity index (χ2v) is 8.28. The van der Waals surface area contributed by atoms with Crippen LogP contribution < -0.4 is 10.2 Å². The minimum Gasteiger partial charge on any atom is -0.444 e. The minimum atomic E-state index is -1.32. The molecule has 2 amide bonds. The molecule has 9 nitrogen and oxygen atoms in total. The van der Waals surface area contributed by atoms with Crippen LogP contribution in [0.2, 0.25) is 0 Å². The van der Waals surface area contributed by atoms with Crippen LogP contribution in [-0.4, -0.2) is 58.0 Å². The summed E-state index contributed by atoms with van der Waals surface area (Å²) in [6.45, 7) is 8.08. The molecule has 0 spiro atoms. The number of aromatic nitrogens is 2. The topological polar surface area (TPSA) is 103 Å². The van der Waals surface area contributed by atoms with E-state index in [0.29, 0.717) is 31.6 Å². The quantitative estimate of drug-likeness (QED) is 0.597. The Kier molecular flexibility index (Phi) is 8.91. The van der Waals surface area contributed by atoms with Gasteiger partial charge >= 0.3 is 6.09 Å². The lowest BCUT2D eigenvalue weighted by molar-refractivity contribution is -0.107. The van der Waals surface area contributed by atoms with Gasteiger partial charge < -0.3 is 15.0 Å². The Balaban J connectivity index is 2.68. The first kappa shape index (κ1) is 23.1. The first-order chi connectivity index (χ1) is 12.5. The van der Waals surface area contributed by atoms with Crippen LogP contribution >= 0.6 is 0 Å². The molecule has 1 rings (SSSR count). The van der Waals surface area contributed by atoms with Crippen LogP contribution in [0.15, 0.2) is 6.07 Å². The zero-order chi connectivity index (χ0) is 20.6. The van der Waals surface area contributed by atoms with Crippen molar-refractivity contribution in [1.82, 2.24) is 15.1 Å². The Bertz CT molecular complexity index is 656. The van der Waals surface area contributed by atoms with Crippen LogP contribution in [0, 0.1) is 0 Å². The molecule has 0 saturated carbocycles. The van der Waals surface area contributed by atoms with Gasteiger partial charge in [0.05, 0.1) is 12.3 Å². The highest BCUT2D eigenvalue weighted by Gasteiger charge is 2.18. The number of amides is 2. The molecule has 0 radical (unpaired) electrons. The van der Waals surface area contributed by atoms with E-state index >= 15 is 0 Å². The molecule has 0 saturated heterocycles. The van der Waals surface area contributed by atoms with E-state index in [0.717, 1.165) is 5.69 Å². The van der Waals surface area contributed by atoms with Crippen LogP contribution in [0.3, 0.4) is 0 Å². The lowest BCUT2D eigenvalue weighted by Gasteiger charge is -2.22. The van der Waals surface area contributed by atoms with Crippen LogP contribution in [0.4, 0.5) is 10.6 Å². The smallest absolute Gasteiger partial charge is 0.407 e. The van der Waals surface area contributed by atoms with Gasteiger partial charge in [-0.05, 0) is 34.1 Å². The van der Waals surface area contributed by atoms with Gasteiger partial charge in [0.25, 0.3) is 0 Å². The monoisotopic (exact) mass is 402 g/mol. The van der Waals surface area contributed by atoms with Gasteiger partial charge in [0.2, 0.25) is 6.41 Å². The molecule has 0 aromatic carbocycles. The first-order valence-electron chi connectivity index (χ1n) is 8.73. The molecule has 154 valence electrons. The van der Waals surface area contributed by atoms with Gasteiger partial charge in [-0.1, -0.05) is 0 Å². The number of nitrogens with one attached hydrogen (secondary N) is 1. The number of nitrogens with zero attached hydrogens (tertiary/aromatic N) is 3. The van der Waals surface area contributed by atoms with Crippen LogP contribution in [0.1, 0.15) is 39.8 Å². The average Bonchev–Trinajstić information content (AvgIpc) is 2.93. The lowest BCUT2D eigenvalue weighted by Crippen LogP contribution is -2.38. The number of anilines is 1. The maximum absolute atomic E-state index is 11.8. The maximum atomic E-state index is 11.8. The van der Waals surface area contributed by atoms with Crippen molar-refractivity contribution in [1.29, 1.82) is 0 Å². The number of carbonyl (C=O) groups is 2. The van der Waals surface area contributed by atoms with Crippen molar-refractivity contribution in [3.05, 3.63) is 11.8 Å². The van der Waals surface area contributed by atoms with Gasteiger partial charge in [0.1, 0.15) is 11.4 Å². The third kappa shape index (κ3) is 9.00. The molecular formula is C17H30N4O5S. The third-order valence-electron chi connectivity index (χ3n) is 3.47. The van der Waals surface area contributed by atoms with Crippen molar-refractivity contribution in [2.75, 3.05) is 24.8 Å². The number of carbonyl (C=O) groups excluding carboxylic acids is 2. The van der Waals surface area contributed by atoms with Gasteiger partial charge in [-0.25, -0.2) is 13.7 Å². The zero-order valence-electron chi connectivity index (χ0n) is 16.9. The van der Waals surface area contributed by atoms with Crippen molar-refractivity contribution in [3.63, 3.8) is 0 Å². The van der Waals surface area contributed by atoms with Crippen LogP contribution in [0.25, 0.3) is 0 Å². The fourth-order valence-electron chi connectivity index (χ4n) is 2.24. The zero-order valence-corrected chi connectivity index (χ0v) is 17.7. The number of ether oxygens (including phenoxy) is 1. The SMILES string of the molecule is CC(CCn1nc(CCOS(C)=O)cc1N(C)C=O)NC(=O)OC(C)(C)C. The summed E-state index contributed by atoms with van der Waals surface area (Å²) in [6, 6.07) is 1.66. The van der Waals surface area contributed by atoms with E-state index in [4.69, 9.17) is 8.92 Å². The predicted octanol–water partition coefficient (Wildman–Crippen LogP) is 1.63. The highest BCUT2D eigenvalue weighted by atomic mass is 32.2. The molecule has 2 atom stereocenters. The molecule has 2 unspecified atom stereocenters. The molecule has 1 heterocycles. The number of hydrogen-bond acceptors (Lipinski definition) is 6. The van der Waals surface area contributed by atoms with Crippen LogP contribution in [0.5, 0.6) is 0 Å². The summed E-state index contributed by atoms with van der Waals surface area (Å²) in [7, 11) is 1.64. The Morgan fingerprint density at radius 3 is 2.70 bits per heavy atom. The summed E-state index contributed by atoms with van der Waals surface area (Å²) in [6.07, 6.45) is 2.79. The van der Waals surface area contributed by atoms with E-state index in [9.17, 15) is 13.8 Å². The summed E-state index contributed by atoms with van der Waals surface area (Å²) < 4.78 is 23.0. The van der Waals surface area contributed by atoms with Gasteiger partial charge in [-0.15, -0.1) is 0 Å². The highest BCUT2D eigenvalue weighted by molar-refractivity contribution is 7.79. The Hall–Kier alpha value is -1.94. The molecule has 0 aliphatic heterocycles. The van der Waals surface area contributed by atoms with E-state index in [1.54, 1.807) is 17.8 Å². The fourth-order valence-corrected chi connectivity index (χ4v) is 2.56. The van der Waals surface area contributed by atoms with Gasteiger partial charge in [-0.2, -0.15) is 5.10 Å². The largest absolute Gasteiger partial charge is 0.444 e. The predicted molar refractivity (Wildman–Crippen MR) is 104 cm³/mol. The number of alkyl carbamates (subject to hydrolysis) is 1. The minimum absolute atomic E-state index is 0.132. The second kappa shape index (κ2) is 10.4. The van der Waals surface area contributed by atoms with Gasteiger partial charge in [-0.3, -0.25) is 8.98 Å². The molecule has 27 heavy (non-hydrogen) atoms. The van der Waals surface area contributed by atoms with E-state index in [1.165, 1.54) is 11.2 Å². The first-order valence-corrected chi connectivity index (χ1v) is 10.2. The van der Waals surface area contributed by atoms with E-state index < -0.39 is 22.8 Å². The highest BCUT2D eigenvalue weighted by Crippen LogP contribution is 2.16. The van der Waals surface area contributed by atoms with Gasteiger partial charge in [0, 0.05) is 38.4 Å². The fraction of sp³-hybridized carbons (Fsp3) is 0.706. The second-order valence-electron chi connectivity index (χ2n) is 7.24. The molecular weight excluding hydrogens is 372 g/mol. The van der Waals surface area contributed by atoms with Crippen molar-refractivity contribution in [3.8, 4) is 0 Å². The molecule has 0 aliphatic rings. The Morgan fingerprint density at radius 1 is 1.48 bits per heavy atom. The third-order valence-corrected chi connectivity index (χ3v) is 3.97. The number of hydrogen-bond donors (Lipinski definition) is 1.